The largest absolute Gasteiger partial charge is 0.464 e. The van der Waals surface area contributed by atoms with Crippen molar-refractivity contribution in [3.05, 3.63) is 23.5 Å². The minimum atomic E-state index is -3.62. The average molecular weight is 301 g/mol. The van der Waals surface area contributed by atoms with Crippen molar-refractivity contribution in [2.75, 3.05) is 20.0 Å². The summed E-state index contributed by atoms with van der Waals surface area (Å²) in [6.45, 7) is 2.03. The lowest BCUT2D eigenvalue weighted by atomic mass is 10.3. The number of nitrogens with zero attached hydrogens (tertiary/aromatic N) is 2. The minimum Gasteiger partial charge on any atom is -0.464 e. The summed E-state index contributed by atoms with van der Waals surface area (Å²) >= 11 is 0. The molecular weight excluding hydrogens is 286 g/mol. The molecule has 9 heteroatoms. The normalized spacial score (nSPS) is 12.1. The molecule has 0 aliphatic rings. The second-order valence-electron chi connectivity index (χ2n) is 3.70. The molecule has 0 spiro atoms. The molecule has 0 aromatic carbocycles. The number of carbonyl (C=O) groups excluding carboxylic acids is 1. The van der Waals surface area contributed by atoms with Crippen LogP contribution >= 0.6 is 0 Å². The minimum absolute atomic E-state index is 0.0722. The molecule has 0 amide bonds. The summed E-state index contributed by atoms with van der Waals surface area (Å²) < 4.78 is 27.7. The van der Waals surface area contributed by atoms with Gasteiger partial charge in [0.05, 0.1) is 12.0 Å². The summed E-state index contributed by atoms with van der Waals surface area (Å²) in [6.07, 6.45) is 0.966. The van der Waals surface area contributed by atoms with E-state index >= 15 is 0 Å². The van der Waals surface area contributed by atoms with E-state index in [1.54, 1.807) is 6.92 Å². The Hall–Kier alpha value is -2.16. The van der Waals surface area contributed by atoms with Crippen molar-refractivity contribution in [1.29, 1.82) is 0 Å². The molecule has 8 nitrogen and oxygen atoms in total. The number of oxime groups is 1. The van der Waals surface area contributed by atoms with Crippen LogP contribution in [-0.2, 0) is 19.4 Å². The molecule has 1 aromatic heterocycles. The first kappa shape index (κ1) is 15.9. The molecule has 0 fully saturated rings. The van der Waals surface area contributed by atoms with Gasteiger partial charge in [0.1, 0.15) is 12.3 Å². The maximum Gasteiger partial charge on any atom is 0.358 e. The fourth-order valence-corrected chi connectivity index (χ4v) is 2.11. The molecule has 0 atom stereocenters. The number of esters is 1. The second-order valence-corrected chi connectivity index (χ2v) is 5.69. The lowest BCUT2D eigenvalue weighted by molar-refractivity contribution is 0.0589. The van der Waals surface area contributed by atoms with Crippen molar-refractivity contribution in [2.24, 2.45) is 10.9 Å². The molecule has 0 aliphatic heterocycles. The van der Waals surface area contributed by atoms with Gasteiger partial charge in [0, 0.05) is 6.26 Å². The van der Waals surface area contributed by atoms with Gasteiger partial charge in [0.2, 0.25) is 0 Å². The van der Waals surface area contributed by atoms with E-state index in [-0.39, 0.29) is 22.1 Å². The molecule has 1 heterocycles. The zero-order valence-corrected chi connectivity index (χ0v) is 12.1. The van der Waals surface area contributed by atoms with Crippen LogP contribution in [0.3, 0.4) is 0 Å². The Kier molecular flexibility index (Phi) is 5.03. The van der Waals surface area contributed by atoms with E-state index in [0.717, 1.165) is 13.4 Å². The van der Waals surface area contributed by atoms with Crippen LogP contribution < -0.4 is 5.73 Å². The number of sulfone groups is 1. The van der Waals surface area contributed by atoms with Gasteiger partial charge in [-0.2, -0.15) is 0 Å². The van der Waals surface area contributed by atoms with Crippen molar-refractivity contribution >= 4 is 21.6 Å². The summed E-state index contributed by atoms with van der Waals surface area (Å²) in [4.78, 5) is 20.0. The molecule has 110 valence electrons. The maximum atomic E-state index is 11.6. The molecule has 0 unspecified atom stereocenters. The Morgan fingerprint density at radius 1 is 1.45 bits per heavy atom. The van der Waals surface area contributed by atoms with Gasteiger partial charge in [-0.25, -0.2) is 18.2 Å². The first-order valence-electron chi connectivity index (χ1n) is 5.56. The number of rotatable bonds is 5. The lowest BCUT2D eigenvalue weighted by Gasteiger charge is -2.07. The van der Waals surface area contributed by atoms with Gasteiger partial charge in [-0.3, -0.25) is 0 Å². The van der Waals surface area contributed by atoms with E-state index < -0.39 is 15.8 Å². The third-order valence-corrected chi connectivity index (χ3v) is 3.32. The van der Waals surface area contributed by atoms with E-state index in [1.165, 1.54) is 12.1 Å². The number of aromatic nitrogens is 1. The van der Waals surface area contributed by atoms with Crippen molar-refractivity contribution in [2.45, 2.75) is 11.8 Å². The fraction of sp³-hybridized carbons (Fsp3) is 0.364. The predicted molar refractivity (Wildman–Crippen MR) is 71.0 cm³/mol. The first-order chi connectivity index (χ1) is 9.31. The van der Waals surface area contributed by atoms with E-state index in [0.29, 0.717) is 6.61 Å². The molecule has 1 aromatic rings. The van der Waals surface area contributed by atoms with Gasteiger partial charge >= 0.3 is 5.97 Å². The van der Waals surface area contributed by atoms with Crippen LogP contribution in [0.15, 0.2) is 22.2 Å². The summed E-state index contributed by atoms with van der Waals surface area (Å²) in [5.74, 6) is -0.950. The van der Waals surface area contributed by atoms with Gasteiger partial charge in [0.15, 0.2) is 21.4 Å². The Labute approximate surface area is 116 Å². The fourth-order valence-electron chi connectivity index (χ4n) is 1.31. The number of ether oxygens (including phenoxy) is 1. The molecule has 1 rings (SSSR count). The predicted octanol–water partition coefficient (Wildman–Crippen LogP) is -0.0715. The number of hydrogen-bond acceptors (Lipinski definition) is 7. The van der Waals surface area contributed by atoms with Crippen molar-refractivity contribution in [1.82, 2.24) is 4.98 Å². The maximum absolute atomic E-state index is 11.6. The highest BCUT2D eigenvalue weighted by atomic mass is 32.2. The van der Waals surface area contributed by atoms with Gasteiger partial charge < -0.3 is 15.3 Å². The third-order valence-electron chi connectivity index (χ3n) is 2.19. The van der Waals surface area contributed by atoms with E-state index in [4.69, 9.17) is 10.6 Å². The standard InChI is InChI=1S/C11H15N3O5S/c1-4-19-14-10(12)7-5-6-8(20(3,16)17)9(13-7)11(15)18-2/h5-6H,4H2,1-3H3,(H2,12,14). The summed E-state index contributed by atoms with van der Waals surface area (Å²) in [6, 6.07) is 2.55. The highest BCUT2D eigenvalue weighted by Crippen LogP contribution is 2.15. The Morgan fingerprint density at radius 3 is 2.60 bits per heavy atom. The summed E-state index contributed by atoms with van der Waals surface area (Å²) in [5.41, 5.74) is 5.38. The highest BCUT2D eigenvalue weighted by Gasteiger charge is 2.22. The Morgan fingerprint density at radius 2 is 2.10 bits per heavy atom. The molecule has 0 saturated heterocycles. The molecule has 20 heavy (non-hydrogen) atoms. The molecule has 0 bridgehead atoms. The van der Waals surface area contributed by atoms with Gasteiger partial charge in [-0.1, -0.05) is 5.16 Å². The monoisotopic (exact) mass is 301 g/mol. The SMILES string of the molecule is CCO/N=C(\N)c1ccc(S(C)(=O)=O)c(C(=O)OC)n1. The zero-order valence-electron chi connectivity index (χ0n) is 11.3. The third kappa shape index (κ3) is 3.67. The van der Waals surface area contributed by atoms with Crippen LogP contribution in [0.25, 0.3) is 0 Å². The van der Waals surface area contributed by atoms with E-state index in [1.807, 2.05) is 0 Å². The van der Waals surface area contributed by atoms with Crippen molar-refractivity contribution < 1.29 is 22.8 Å². The molecule has 0 aliphatic carbocycles. The Balaban J connectivity index is 3.39. The molecular formula is C11H15N3O5S. The van der Waals surface area contributed by atoms with E-state index in [9.17, 15) is 13.2 Å². The molecule has 2 N–H and O–H groups in total. The summed E-state index contributed by atoms with van der Waals surface area (Å²) in [5, 5.41) is 3.56. The van der Waals surface area contributed by atoms with Crippen molar-refractivity contribution in [3.8, 4) is 0 Å². The average Bonchev–Trinajstić information content (AvgIpc) is 2.42. The van der Waals surface area contributed by atoms with Gasteiger partial charge in [-0.05, 0) is 19.1 Å². The van der Waals surface area contributed by atoms with Gasteiger partial charge in [-0.15, -0.1) is 0 Å². The summed E-state index contributed by atoms with van der Waals surface area (Å²) in [7, 11) is -2.50. The number of methoxy groups -OCH3 is 1. The second kappa shape index (κ2) is 6.33. The van der Waals surface area contributed by atoms with Crippen LogP contribution in [0.1, 0.15) is 23.1 Å². The van der Waals surface area contributed by atoms with E-state index in [2.05, 4.69) is 14.9 Å². The zero-order chi connectivity index (χ0) is 15.3. The number of hydrogen-bond donors (Lipinski definition) is 1. The first-order valence-corrected chi connectivity index (χ1v) is 7.45. The number of pyridine rings is 1. The molecule has 0 radical (unpaired) electrons. The quantitative estimate of drug-likeness (QED) is 0.349. The Bertz CT molecular complexity index is 639. The van der Waals surface area contributed by atoms with Crippen LogP contribution in [0.5, 0.6) is 0 Å². The topological polar surface area (TPSA) is 121 Å². The van der Waals surface area contributed by atoms with Crippen LogP contribution in [0.2, 0.25) is 0 Å². The van der Waals surface area contributed by atoms with Crippen LogP contribution in [0, 0.1) is 0 Å². The lowest BCUT2D eigenvalue weighted by Crippen LogP contribution is -2.20. The smallest absolute Gasteiger partial charge is 0.358 e. The highest BCUT2D eigenvalue weighted by molar-refractivity contribution is 7.90. The molecule has 0 saturated carbocycles. The van der Waals surface area contributed by atoms with Crippen LogP contribution in [0.4, 0.5) is 0 Å². The van der Waals surface area contributed by atoms with Crippen molar-refractivity contribution in [3.63, 3.8) is 0 Å². The van der Waals surface area contributed by atoms with Crippen LogP contribution in [-0.4, -0.2) is 45.2 Å². The number of amidine groups is 1. The number of nitrogens with two attached hydrogens (primary N) is 1. The van der Waals surface area contributed by atoms with Gasteiger partial charge in [0.25, 0.3) is 0 Å². The number of carbonyl (C=O) groups is 1.